The summed E-state index contributed by atoms with van der Waals surface area (Å²) in [7, 11) is 3.23. The summed E-state index contributed by atoms with van der Waals surface area (Å²) >= 11 is 0. The lowest BCUT2D eigenvalue weighted by Gasteiger charge is -2.24. The maximum Gasteiger partial charge on any atom is 0.203 e. The highest BCUT2D eigenvalue weighted by Crippen LogP contribution is 2.36. The molecular weight excluding hydrogens is 418 g/mol. The molecule has 6 heteroatoms. The largest absolute Gasteiger partial charge is 0.493 e. The minimum Gasteiger partial charge on any atom is -0.493 e. The van der Waals surface area contributed by atoms with E-state index in [-0.39, 0.29) is 18.3 Å². The van der Waals surface area contributed by atoms with Crippen molar-refractivity contribution in [1.82, 2.24) is 5.32 Å². The molecule has 3 aromatic rings. The van der Waals surface area contributed by atoms with Crippen LogP contribution in [-0.2, 0) is 9.47 Å². The molecule has 0 spiro atoms. The lowest BCUT2D eigenvalue weighted by atomic mass is 9.91. The summed E-state index contributed by atoms with van der Waals surface area (Å²) in [5, 5.41) is 3.40. The van der Waals surface area contributed by atoms with Crippen LogP contribution in [0.4, 0.5) is 0 Å². The fraction of sp³-hybridized carbons (Fsp3) is 0.333. The molecular formula is C27H31NO5. The van der Waals surface area contributed by atoms with Crippen molar-refractivity contribution in [2.45, 2.75) is 18.3 Å². The maximum atomic E-state index is 6.30. The van der Waals surface area contributed by atoms with Crippen LogP contribution in [-0.4, -0.2) is 52.9 Å². The van der Waals surface area contributed by atoms with Crippen molar-refractivity contribution in [3.05, 3.63) is 90.0 Å². The summed E-state index contributed by atoms with van der Waals surface area (Å²) in [6, 6.07) is 26.3. The molecule has 2 atom stereocenters. The molecule has 0 bridgehead atoms. The van der Waals surface area contributed by atoms with Crippen LogP contribution in [0.1, 0.15) is 17.0 Å². The summed E-state index contributed by atoms with van der Waals surface area (Å²) in [6.07, 6.45) is -0.346. The van der Waals surface area contributed by atoms with Gasteiger partial charge >= 0.3 is 0 Å². The Labute approximate surface area is 195 Å². The van der Waals surface area contributed by atoms with E-state index in [1.165, 1.54) is 11.1 Å². The molecule has 1 aliphatic heterocycles. The molecule has 0 unspecified atom stereocenters. The average molecular weight is 450 g/mol. The van der Waals surface area contributed by atoms with Gasteiger partial charge in [0.1, 0.15) is 6.61 Å². The first-order chi connectivity index (χ1) is 16.3. The molecule has 1 heterocycles. The van der Waals surface area contributed by atoms with Crippen molar-refractivity contribution in [3.63, 3.8) is 0 Å². The third-order valence-corrected chi connectivity index (χ3v) is 5.64. The van der Waals surface area contributed by atoms with E-state index in [2.05, 4.69) is 53.8 Å². The fourth-order valence-corrected chi connectivity index (χ4v) is 4.03. The van der Waals surface area contributed by atoms with E-state index in [4.69, 9.17) is 23.7 Å². The van der Waals surface area contributed by atoms with E-state index < -0.39 is 0 Å². The van der Waals surface area contributed by atoms with E-state index >= 15 is 0 Å². The average Bonchev–Trinajstić information content (AvgIpc) is 3.33. The Morgan fingerprint density at radius 3 is 2.03 bits per heavy atom. The second kappa shape index (κ2) is 11.7. The quantitative estimate of drug-likeness (QED) is 0.442. The summed E-state index contributed by atoms with van der Waals surface area (Å²) in [4.78, 5) is 0. The predicted molar refractivity (Wildman–Crippen MR) is 127 cm³/mol. The maximum absolute atomic E-state index is 6.30. The van der Waals surface area contributed by atoms with E-state index in [0.29, 0.717) is 43.6 Å². The molecule has 1 aliphatic rings. The van der Waals surface area contributed by atoms with Crippen LogP contribution in [0.3, 0.4) is 0 Å². The number of para-hydroxylation sites is 1. The number of hydrogen-bond acceptors (Lipinski definition) is 6. The lowest BCUT2D eigenvalue weighted by molar-refractivity contribution is -0.0669. The second-order valence-corrected chi connectivity index (χ2v) is 7.80. The Morgan fingerprint density at radius 2 is 1.45 bits per heavy atom. The zero-order chi connectivity index (χ0) is 22.9. The molecule has 0 aliphatic carbocycles. The minimum atomic E-state index is -0.323. The van der Waals surface area contributed by atoms with Gasteiger partial charge in [0.05, 0.1) is 32.8 Å². The van der Waals surface area contributed by atoms with Crippen LogP contribution in [0.2, 0.25) is 0 Å². The molecule has 4 rings (SSSR count). The molecule has 1 fully saturated rings. The van der Waals surface area contributed by atoms with Gasteiger partial charge in [-0.25, -0.2) is 0 Å². The van der Waals surface area contributed by atoms with Gasteiger partial charge in [-0.15, -0.1) is 0 Å². The fourth-order valence-electron chi connectivity index (χ4n) is 4.03. The molecule has 1 saturated heterocycles. The summed E-state index contributed by atoms with van der Waals surface area (Å²) < 4.78 is 29.0. The summed E-state index contributed by atoms with van der Waals surface area (Å²) in [6.45, 7) is 2.37. The number of benzene rings is 3. The van der Waals surface area contributed by atoms with Gasteiger partial charge in [0.15, 0.2) is 17.8 Å². The molecule has 1 N–H and O–H groups in total. The summed E-state index contributed by atoms with van der Waals surface area (Å²) in [5.74, 6) is 1.94. The number of ether oxygens (including phenoxy) is 5. The first kappa shape index (κ1) is 23.1. The normalized spacial score (nSPS) is 17.8. The van der Waals surface area contributed by atoms with Gasteiger partial charge in [-0.1, -0.05) is 66.7 Å². The van der Waals surface area contributed by atoms with Crippen LogP contribution in [0, 0.1) is 0 Å². The zero-order valence-corrected chi connectivity index (χ0v) is 19.1. The standard InChI is InChI=1S/C27H31NO5/c1-29-23-14-9-15-24(30-2)26(23)31-17-16-28-18-22-19-32-27(33-22)25(20-10-5-3-6-11-20)21-12-7-4-8-13-21/h3-15,22,25,27-28H,16-19H2,1-2H3/t22-,27-/m0/s1. The second-order valence-electron chi connectivity index (χ2n) is 7.80. The minimum absolute atomic E-state index is 0.0225. The van der Waals surface area contributed by atoms with E-state index in [1.807, 2.05) is 30.3 Å². The van der Waals surface area contributed by atoms with Gasteiger partial charge in [-0.05, 0) is 23.3 Å². The van der Waals surface area contributed by atoms with Crippen LogP contribution >= 0.6 is 0 Å². The Balaban J connectivity index is 1.29. The van der Waals surface area contributed by atoms with Gasteiger partial charge in [0, 0.05) is 13.1 Å². The van der Waals surface area contributed by atoms with Crippen LogP contribution < -0.4 is 19.5 Å². The van der Waals surface area contributed by atoms with Crippen molar-refractivity contribution in [3.8, 4) is 17.2 Å². The van der Waals surface area contributed by atoms with Crippen molar-refractivity contribution in [2.24, 2.45) is 0 Å². The highest BCUT2D eigenvalue weighted by Gasteiger charge is 2.34. The number of hydrogen-bond donors (Lipinski definition) is 1. The molecule has 0 saturated carbocycles. The predicted octanol–water partition coefficient (Wildman–Crippen LogP) is 4.25. The monoisotopic (exact) mass is 449 g/mol. The van der Waals surface area contributed by atoms with Crippen molar-refractivity contribution in [1.29, 1.82) is 0 Å². The molecule has 3 aromatic carbocycles. The van der Waals surface area contributed by atoms with Crippen LogP contribution in [0.15, 0.2) is 78.9 Å². The number of rotatable bonds is 11. The van der Waals surface area contributed by atoms with Gasteiger partial charge in [0.2, 0.25) is 5.75 Å². The lowest BCUT2D eigenvalue weighted by Crippen LogP contribution is -2.32. The Morgan fingerprint density at radius 1 is 0.848 bits per heavy atom. The van der Waals surface area contributed by atoms with Crippen molar-refractivity contribution in [2.75, 3.05) is 40.5 Å². The van der Waals surface area contributed by atoms with Crippen molar-refractivity contribution >= 4 is 0 Å². The van der Waals surface area contributed by atoms with E-state index in [9.17, 15) is 0 Å². The Hall–Kier alpha value is -3.06. The molecule has 6 nitrogen and oxygen atoms in total. The highest BCUT2D eigenvalue weighted by molar-refractivity contribution is 5.51. The molecule has 0 radical (unpaired) electrons. The summed E-state index contributed by atoms with van der Waals surface area (Å²) in [5.41, 5.74) is 2.36. The van der Waals surface area contributed by atoms with Crippen molar-refractivity contribution < 1.29 is 23.7 Å². The van der Waals surface area contributed by atoms with Gasteiger partial charge < -0.3 is 29.0 Å². The number of methoxy groups -OCH3 is 2. The molecule has 0 aromatic heterocycles. The molecule has 0 amide bonds. The smallest absolute Gasteiger partial charge is 0.203 e. The third-order valence-electron chi connectivity index (χ3n) is 5.64. The third kappa shape index (κ3) is 5.85. The van der Waals surface area contributed by atoms with E-state index in [0.717, 1.165) is 0 Å². The van der Waals surface area contributed by atoms with Crippen LogP contribution in [0.5, 0.6) is 17.2 Å². The molecule has 33 heavy (non-hydrogen) atoms. The first-order valence-electron chi connectivity index (χ1n) is 11.2. The van der Waals surface area contributed by atoms with E-state index in [1.54, 1.807) is 14.2 Å². The van der Waals surface area contributed by atoms with Gasteiger partial charge in [0.25, 0.3) is 0 Å². The van der Waals surface area contributed by atoms with Crippen LogP contribution in [0.25, 0.3) is 0 Å². The van der Waals surface area contributed by atoms with Gasteiger partial charge in [-0.3, -0.25) is 0 Å². The Kier molecular flexibility index (Phi) is 8.19. The Bertz CT molecular complexity index is 921. The zero-order valence-electron chi connectivity index (χ0n) is 19.1. The SMILES string of the molecule is COc1cccc(OC)c1OCCNC[C@H]1CO[C@H](C(c2ccccc2)c2ccccc2)O1. The first-order valence-corrected chi connectivity index (χ1v) is 11.2. The van der Waals surface area contributed by atoms with Gasteiger partial charge in [-0.2, -0.15) is 0 Å². The topological polar surface area (TPSA) is 58.2 Å². The number of nitrogens with one attached hydrogen (secondary N) is 1. The molecule has 174 valence electrons. The highest BCUT2D eigenvalue weighted by atomic mass is 16.7.